The molecule has 1 aliphatic carbocycles. The van der Waals surface area contributed by atoms with Gasteiger partial charge in [-0.1, -0.05) is 12.1 Å². The summed E-state index contributed by atoms with van der Waals surface area (Å²) in [7, 11) is 0. The van der Waals surface area contributed by atoms with Gasteiger partial charge < -0.3 is 4.74 Å². The van der Waals surface area contributed by atoms with Crippen molar-refractivity contribution >= 4 is 11.5 Å². The first-order chi connectivity index (χ1) is 8.20. The lowest BCUT2D eigenvalue weighted by molar-refractivity contribution is -0.141. The quantitative estimate of drug-likeness (QED) is 0.751. The van der Waals surface area contributed by atoms with Crippen LogP contribution in [0.15, 0.2) is 24.3 Å². The minimum atomic E-state index is -0.226. The molecule has 0 saturated heterocycles. The number of hydrogen-bond donors (Lipinski definition) is 0. The van der Waals surface area contributed by atoms with Crippen molar-refractivity contribution in [3.05, 3.63) is 41.2 Å². The smallest absolute Gasteiger partial charge is 0.310 e. The van der Waals surface area contributed by atoms with E-state index in [-0.39, 0.29) is 18.2 Å². The van der Waals surface area contributed by atoms with Crippen molar-refractivity contribution in [2.75, 3.05) is 6.61 Å². The molecule has 0 saturated carbocycles. The molecule has 0 aromatic heterocycles. The van der Waals surface area contributed by atoms with Crippen molar-refractivity contribution in [2.45, 2.75) is 26.2 Å². The average Bonchev–Trinajstić information content (AvgIpc) is 2.29. The standard InChI is InChI=1S/C14H15FO2/c1-2-17-14(16)9-11-5-3-4-10-8-12(15)6-7-13(10)11/h5-8H,2-4,9H2,1H3. The van der Waals surface area contributed by atoms with Crippen molar-refractivity contribution in [3.8, 4) is 0 Å². The first-order valence-electron chi connectivity index (χ1n) is 5.84. The Hall–Kier alpha value is -1.64. The fourth-order valence-electron chi connectivity index (χ4n) is 2.13. The fraction of sp³-hybridized carbons (Fsp3) is 0.357. The monoisotopic (exact) mass is 234 g/mol. The third-order valence-electron chi connectivity index (χ3n) is 2.86. The van der Waals surface area contributed by atoms with E-state index in [1.807, 2.05) is 6.08 Å². The minimum Gasteiger partial charge on any atom is -0.466 e. The molecule has 17 heavy (non-hydrogen) atoms. The van der Waals surface area contributed by atoms with E-state index < -0.39 is 0 Å². The number of allylic oxidation sites excluding steroid dienone is 1. The Labute approximate surface area is 100 Å². The van der Waals surface area contributed by atoms with Crippen molar-refractivity contribution < 1.29 is 13.9 Å². The molecule has 0 bridgehead atoms. The molecule has 0 spiro atoms. The van der Waals surface area contributed by atoms with Crippen molar-refractivity contribution in [3.63, 3.8) is 0 Å². The third-order valence-corrected chi connectivity index (χ3v) is 2.86. The molecule has 0 heterocycles. The Morgan fingerprint density at radius 3 is 3.06 bits per heavy atom. The van der Waals surface area contributed by atoms with Crippen molar-refractivity contribution in [1.82, 2.24) is 0 Å². The normalized spacial score (nSPS) is 13.9. The molecule has 0 unspecified atom stereocenters. The molecule has 0 N–H and O–H groups in total. The van der Waals surface area contributed by atoms with Gasteiger partial charge in [0.1, 0.15) is 5.82 Å². The largest absolute Gasteiger partial charge is 0.466 e. The van der Waals surface area contributed by atoms with Gasteiger partial charge in [-0.15, -0.1) is 0 Å². The van der Waals surface area contributed by atoms with Crippen LogP contribution in [0.25, 0.3) is 5.57 Å². The summed E-state index contributed by atoms with van der Waals surface area (Å²) in [4.78, 5) is 11.5. The van der Waals surface area contributed by atoms with Gasteiger partial charge in [0.25, 0.3) is 0 Å². The molecule has 0 aliphatic heterocycles. The molecule has 1 aliphatic rings. The molecule has 1 aromatic carbocycles. The lowest BCUT2D eigenvalue weighted by Gasteiger charge is -2.17. The molecule has 3 heteroatoms. The molecule has 2 rings (SSSR count). The van der Waals surface area contributed by atoms with Gasteiger partial charge in [0.05, 0.1) is 13.0 Å². The van der Waals surface area contributed by atoms with Gasteiger partial charge >= 0.3 is 5.97 Å². The second-order valence-corrected chi connectivity index (χ2v) is 4.05. The lowest BCUT2D eigenvalue weighted by atomic mass is 9.89. The molecule has 0 fully saturated rings. The van der Waals surface area contributed by atoms with E-state index in [0.29, 0.717) is 6.61 Å². The predicted molar refractivity (Wildman–Crippen MR) is 63.9 cm³/mol. The highest BCUT2D eigenvalue weighted by Crippen LogP contribution is 2.29. The molecule has 0 radical (unpaired) electrons. The first kappa shape index (κ1) is 11.8. The van der Waals surface area contributed by atoms with E-state index in [0.717, 1.165) is 29.5 Å². The van der Waals surface area contributed by atoms with E-state index in [4.69, 9.17) is 4.74 Å². The number of carbonyl (C=O) groups excluding carboxylic acids is 1. The summed E-state index contributed by atoms with van der Waals surface area (Å²) in [5.41, 5.74) is 2.90. The molecular weight excluding hydrogens is 219 g/mol. The molecule has 0 atom stereocenters. The Bertz CT molecular complexity index is 463. The number of aryl methyl sites for hydroxylation is 1. The van der Waals surface area contributed by atoms with Crippen LogP contribution in [0, 0.1) is 5.82 Å². The molecule has 0 amide bonds. The van der Waals surface area contributed by atoms with Crippen LogP contribution in [0.5, 0.6) is 0 Å². The van der Waals surface area contributed by atoms with Crippen LogP contribution < -0.4 is 0 Å². The van der Waals surface area contributed by atoms with Crippen LogP contribution in [0.4, 0.5) is 4.39 Å². The summed E-state index contributed by atoms with van der Waals surface area (Å²) in [5, 5.41) is 0. The van der Waals surface area contributed by atoms with E-state index in [9.17, 15) is 9.18 Å². The summed E-state index contributed by atoms with van der Waals surface area (Å²) < 4.78 is 18.0. The first-order valence-corrected chi connectivity index (χ1v) is 5.84. The van der Waals surface area contributed by atoms with Gasteiger partial charge in [0, 0.05) is 0 Å². The molecule has 90 valence electrons. The lowest BCUT2D eigenvalue weighted by Crippen LogP contribution is -2.08. The Morgan fingerprint density at radius 2 is 2.29 bits per heavy atom. The maximum absolute atomic E-state index is 13.1. The third kappa shape index (κ3) is 2.73. The number of benzene rings is 1. The average molecular weight is 234 g/mol. The number of carbonyl (C=O) groups is 1. The van der Waals surface area contributed by atoms with Crippen LogP contribution in [-0.2, 0) is 16.0 Å². The predicted octanol–water partition coefficient (Wildman–Crippen LogP) is 3.11. The maximum atomic E-state index is 13.1. The summed E-state index contributed by atoms with van der Waals surface area (Å²) in [6.07, 6.45) is 3.99. The van der Waals surface area contributed by atoms with Gasteiger partial charge in [-0.2, -0.15) is 0 Å². The zero-order valence-electron chi connectivity index (χ0n) is 9.83. The highest BCUT2D eigenvalue weighted by atomic mass is 19.1. The van der Waals surface area contributed by atoms with E-state index >= 15 is 0 Å². The fourth-order valence-corrected chi connectivity index (χ4v) is 2.13. The van der Waals surface area contributed by atoms with Crippen molar-refractivity contribution in [2.24, 2.45) is 0 Å². The molecular formula is C14H15FO2. The van der Waals surface area contributed by atoms with Crippen LogP contribution in [-0.4, -0.2) is 12.6 Å². The van der Waals surface area contributed by atoms with E-state index in [2.05, 4.69) is 0 Å². The van der Waals surface area contributed by atoms with Gasteiger partial charge in [-0.3, -0.25) is 4.79 Å². The van der Waals surface area contributed by atoms with Crippen LogP contribution in [0.1, 0.15) is 30.9 Å². The van der Waals surface area contributed by atoms with Crippen LogP contribution in [0.2, 0.25) is 0 Å². The van der Waals surface area contributed by atoms with Crippen molar-refractivity contribution in [1.29, 1.82) is 0 Å². The van der Waals surface area contributed by atoms with Gasteiger partial charge in [-0.25, -0.2) is 4.39 Å². The second kappa shape index (κ2) is 5.13. The number of rotatable bonds is 3. The summed E-state index contributed by atoms with van der Waals surface area (Å²) >= 11 is 0. The summed E-state index contributed by atoms with van der Waals surface area (Å²) in [6, 6.07) is 4.73. The van der Waals surface area contributed by atoms with Gasteiger partial charge in [-0.05, 0) is 48.6 Å². The Morgan fingerprint density at radius 1 is 1.47 bits per heavy atom. The van der Waals surface area contributed by atoms with Crippen LogP contribution in [0.3, 0.4) is 0 Å². The topological polar surface area (TPSA) is 26.3 Å². The number of fused-ring (bicyclic) bond motifs is 1. The Kier molecular flexibility index (Phi) is 3.57. The number of ether oxygens (including phenoxy) is 1. The summed E-state index contributed by atoms with van der Waals surface area (Å²) in [5.74, 6) is -0.447. The number of hydrogen-bond acceptors (Lipinski definition) is 2. The van der Waals surface area contributed by atoms with E-state index in [1.54, 1.807) is 19.1 Å². The van der Waals surface area contributed by atoms with Crippen LogP contribution >= 0.6 is 0 Å². The zero-order chi connectivity index (χ0) is 12.3. The second-order valence-electron chi connectivity index (χ2n) is 4.05. The van der Waals surface area contributed by atoms with E-state index in [1.165, 1.54) is 6.07 Å². The molecule has 1 aromatic rings. The minimum absolute atomic E-state index is 0.221. The SMILES string of the molecule is CCOC(=O)CC1=CCCc2cc(F)ccc21. The zero-order valence-corrected chi connectivity index (χ0v) is 9.83. The molecule has 2 nitrogen and oxygen atoms in total. The highest BCUT2D eigenvalue weighted by molar-refractivity contribution is 5.86. The summed E-state index contributed by atoms with van der Waals surface area (Å²) in [6.45, 7) is 2.18. The highest BCUT2D eigenvalue weighted by Gasteiger charge is 2.16. The number of esters is 1. The van der Waals surface area contributed by atoms with Gasteiger partial charge in [0.2, 0.25) is 0 Å². The Balaban J connectivity index is 2.20. The van der Waals surface area contributed by atoms with Gasteiger partial charge in [0.15, 0.2) is 0 Å². The maximum Gasteiger partial charge on any atom is 0.310 e. The number of halogens is 1.